The molecule has 0 bridgehead atoms. The highest BCUT2D eigenvalue weighted by Crippen LogP contribution is 2.20. The Hall–Kier alpha value is -2.23. The third-order valence-corrected chi connectivity index (χ3v) is 2.36. The first-order chi connectivity index (χ1) is 7.72. The topological polar surface area (TPSA) is 68.9 Å². The van der Waals surface area contributed by atoms with Gasteiger partial charge in [-0.15, -0.1) is 0 Å². The molecule has 4 heteroatoms. The third kappa shape index (κ3) is 1.77. The van der Waals surface area contributed by atoms with Gasteiger partial charge in [-0.25, -0.2) is 9.97 Å². The van der Waals surface area contributed by atoms with Crippen LogP contribution in [0.3, 0.4) is 0 Å². The number of nitrogens with two attached hydrogens (primary N) is 1. The zero-order valence-electron chi connectivity index (χ0n) is 8.84. The maximum atomic E-state index is 10.6. The number of rotatable bonds is 2. The molecular weight excluding hydrogens is 202 g/mol. The number of carbonyl (C=O) groups is 1. The maximum Gasteiger partial charge on any atom is 0.161 e. The summed E-state index contributed by atoms with van der Waals surface area (Å²) in [6.07, 6.45) is 2.09. The molecule has 4 nitrogen and oxygen atoms in total. The first kappa shape index (κ1) is 10.3. The summed E-state index contributed by atoms with van der Waals surface area (Å²) in [4.78, 5) is 18.8. The molecule has 0 fully saturated rings. The third-order valence-electron chi connectivity index (χ3n) is 2.36. The fraction of sp³-hybridized carbons (Fsp3) is 0.0833. The summed E-state index contributed by atoms with van der Waals surface area (Å²) in [5.41, 5.74) is 7.95. The first-order valence-corrected chi connectivity index (χ1v) is 4.86. The average molecular weight is 213 g/mol. The number of carbonyl (C=O) groups excluding carboxylic acids is 1. The van der Waals surface area contributed by atoms with Gasteiger partial charge in [-0.1, -0.05) is 24.3 Å². The molecule has 0 saturated carbocycles. The molecule has 16 heavy (non-hydrogen) atoms. The van der Waals surface area contributed by atoms with Gasteiger partial charge >= 0.3 is 0 Å². The van der Waals surface area contributed by atoms with Crippen LogP contribution in [0.5, 0.6) is 0 Å². The summed E-state index contributed by atoms with van der Waals surface area (Å²) in [7, 11) is 0. The standard InChI is InChI=1S/C12H11N3O/c1-8-4-2-3-5-10(8)12-14-6-9(7-16)11(13)15-12/h2-7H,1H3,(H2,13,14,15). The van der Waals surface area contributed by atoms with Crippen LogP contribution in [0.4, 0.5) is 5.82 Å². The fourth-order valence-electron chi connectivity index (χ4n) is 1.45. The van der Waals surface area contributed by atoms with E-state index >= 15 is 0 Å². The molecule has 0 spiro atoms. The lowest BCUT2D eigenvalue weighted by Crippen LogP contribution is -2.01. The highest BCUT2D eigenvalue weighted by molar-refractivity contribution is 5.81. The molecule has 0 aliphatic carbocycles. The van der Waals surface area contributed by atoms with Crippen LogP contribution in [-0.4, -0.2) is 16.3 Å². The van der Waals surface area contributed by atoms with Gasteiger partial charge in [-0.05, 0) is 12.5 Å². The van der Waals surface area contributed by atoms with Crippen molar-refractivity contribution in [2.24, 2.45) is 0 Å². The quantitative estimate of drug-likeness (QED) is 0.773. The second-order valence-electron chi connectivity index (χ2n) is 3.47. The van der Waals surface area contributed by atoms with Crippen molar-refractivity contribution in [3.8, 4) is 11.4 Å². The van der Waals surface area contributed by atoms with Gasteiger partial charge < -0.3 is 5.73 Å². The molecule has 0 radical (unpaired) electrons. The van der Waals surface area contributed by atoms with E-state index in [1.807, 2.05) is 31.2 Å². The van der Waals surface area contributed by atoms with Crippen LogP contribution in [0.2, 0.25) is 0 Å². The number of benzene rings is 1. The van der Waals surface area contributed by atoms with Gasteiger partial charge in [0.1, 0.15) is 5.82 Å². The predicted molar refractivity (Wildman–Crippen MR) is 62.0 cm³/mol. The first-order valence-electron chi connectivity index (χ1n) is 4.86. The summed E-state index contributed by atoms with van der Waals surface area (Å²) in [5, 5.41) is 0. The van der Waals surface area contributed by atoms with E-state index in [2.05, 4.69) is 9.97 Å². The zero-order valence-corrected chi connectivity index (χ0v) is 8.84. The Balaban J connectivity index is 2.54. The number of aldehydes is 1. The Morgan fingerprint density at radius 1 is 1.31 bits per heavy atom. The number of anilines is 1. The normalized spacial score (nSPS) is 10.1. The largest absolute Gasteiger partial charge is 0.383 e. The van der Waals surface area contributed by atoms with Crippen LogP contribution >= 0.6 is 0 Å². The molecule has 2 aromatic rings. The van der Waals surface area contributed by atoms with Crippen LogP contribution in [-0.2, 0) is 0 Å². The lowest BCUT2D eigenvalue weighted by atomic mass is 10.1. The van der Waals surface area contributed by atoms with E-state index in [-0.39, 0.29) is 5.82 Å². The average Bonchev–Trinajstić information content (AvgIpc) is 2.29. The summed E-state index contributed by atoms with van der Waals surface area (Å²) < 4.78 is 0. The van der Waals surface area contributed by atoms with Crippen molar-refractivity contribution in [2.45, 2.75) is 6.92 Å². The molecule has 2 N–H and O–H groups in total. The van der Waals surface area contributed by atoms with E-state index in [1.165, 1.54) is 6.20 Å². The Bertz CT molecular complexity index is 538. The minimum Gasteiger partial charge on any atom is -0.383 e. The van der Waals surface area contributed by atoms with Crippen LogP contribution in [0, 0.1) is 6.92 Å². The van der Waals surface area contributed by atoms with Crippen molar-refractivity contribution in [2.75, 3.05) is 5.73 Å². The lowest BCUT2D eigenvalue weighted by Gasteiger charge is -2.05. The zero-order chi connectivity index (χ0) is 11.5. The van der Waals surface area contributed by atoms with Gasteiger partial charge in [0, 0.05) is 11.8 Å². The molecular formula is C12H11N3O. The molecule has 1 aromatic carbocycles. The van der Waals surface area contributed by atoms with Gasteiger partial charge in [-0.2, -0.15) is 0 Å². The lowest BCUT2D eigenvalue weighted by molar-refractivity contribution is 0.112. The van der Waals surface area contributed by atoms with Crippen LogP contribution < -0.4 is 5.73 Å². The Labute approximate surface area is 93.2 Å². The highest BCUT2D eigenvalue weighted by atomic mass is 16.1. The molecule has 0 unspecified atom stereocenters. The maximum absolute atomic E-state index is 10.6. The van der Waals surface area contributed by atoms with Crippen molar-refractivity contribution in [3.05, 3.63) is 41.6 Å². The van der Waals surface area contributed by atoms with Gasteiger partial charge in [0.25, 0.3) is 0 Å². The van der Waals surface area contributed by atoms with Crippen molar-refractivity contribution in [1.29, 1.82) is 0 Å². The van der Waals surface area contributed by atoms with Crippen molar-refractivity contribution < 1.29 is 4.79 Å². The molecule has 1 heterocycles. The van der Waals surface area contributed by atoms with E-state index in [4.69, 9.17) is 5.73 Å². The second kappa shape index (κ2) is 4.10. The van der Waals surface area contributed by atoms with Crippen molar-refractivity contribution in [3.63, 3.8) is 0 Å². The second-order valence-corrected chi connectivity index (χ2v) is 3.47. The Kier molecular flexibility index (Phi) is 2.64. The SMILES string of the molecule is Cc1ccccc1-c1ncc(C=O)c(N)n1. The summed E-state index contributed by atoms with van der Waals surface area (Å²) >= 11 is 0. The fourth-order valence-corrected chi connectivity index (χ4v) is 1.45. The molecule has 2 rings (SSSR count). The number of hydrogen-bond donors (Lipinski definition) is 1. The summed E-state index contributed by atoms with van der Waals surface area (Å²) in [5.74, 6) is 0.754. The van der Waals surface area contributed by atoms with Crippen molar-refractivity contribution in [1.82, 2.24) is 9.97 Å². The van der Waals surface area contributed by atoms with Crippen LogP contribution in [0.1, 0.15) is 15.9 Å². The molecule has 0 amide bonds. The van der Waals surface area contributed by atoms with E-state index in [0.29, 0.717) is 17.7 Å². The number of nitrogens with zero attached hydrogens (tertiary/aromatic N) is 2. The van der Waals surface area contributed by atoms with E-state index in [1.54, 1.807) is 0 Å². The molecule has 0 atom stereocenters. The Morgan fingerprint density at radius 2 is 2.06 bits per heavy atom. The summed E-state index contributed by atoms with van der Waals surface area (Å²) in [6, 6.07) is 7.75. The number of nitrogen functional groups attached to an aromatic ring is 1. The predicted octanol–water partition coefficient (Wildman–Crippen LogP) is 1.85. The van der Waals surface area contributed by atoms with E-state index in [9.17, 15) is 4.79 Å². The molecule has 80 valence electrons. The van der Waals surface area contributed by atoms with E-state index < -0.39 is 0 Å². The minimum absolute atomic E-state index is 0.211. The van der Waals surface area contributed by atoms with Crippen molar-refractivity contribution >= 4 is 12.1 Å². The van der Waals surface area contributed by atoms with Crippen LogP contribution in [0.25, 0.3) is 11.4 Å². The monoisotopic (exact) mass is 213 g/mol. The molecule has 0 saturated heterocycles. The molecule has 0 aliphatic heterocycles. The number of aryl methyl sites for hydroxylation is 1. The number of aromatic nitrogens is 2. The number of hydrogen-bond acceptors (Lipinski definition) is 4. The van der Waals surface area contributed by atoms with Gasteiger partial charge in [0.2, 0.25) is 0 Å². The minimum atomic E-state index is 0.211. The van der Waals surface area contributed by atoms with E-state index in [0.717, 1.165) is 11.1 Å². The summed E-state index contributed by atoms with van der Waals surface area (Å²) in [6.45, 7) is 1.97. The Morgan fingerprint density at radius 3 is 2.69 bits per heavy atom. The van der Waals surface area contributed by atoms with Gasteiger partial charge in [0.05, 0.1) is 5.56 Å². The smallest absolute Gasteiger partial charge is 0.161 e. The van der Waals surface area contributed by atoms with Crippen LogP contribution in [0.15, 0.2) is 30.5 Å². The molecule has 0 aliphatic rings. The van der Waals surface area contributed by atoms with Gasteiger partial charge in [-0.3, -0.25) is 4.79 Å². The van der Waals surface area contributed by atoms with Gasteiger partial charge in [0.15, 0.2) is 12.1 Å². The molecule has 1 aromatic heterocycles. The highest BCUT2D eigenvalue weighted by Gasteiger charge is 2.07.